The number of hydrogen-bond donors (Lipinski definition) is 6. The van der Waals surface area contributed by atoms with Gasteiger partial charge in [-0.3, -0.25) is 14.4 Å². The Labute approximate surface area is 361 Å². The van der Waals surface area contributed by atoms with Gasteiger partial charge in [0.15, 0.2) is 5.75 Å². The molecule has 0 aliphatic carbocycles. The second-order valence-electron chi connectivity index (χ2n) is 16.3. The molecule has 0 fully saturated rings. The van der Waals surface area contributed by atoms with Crippen LogP contribution in [0, 0.1) is 30.6 Å². The van der Waals surface area contributed by atoms with E-state index in [1.54, 1.807) is 39.8 Å². The molecule has 6 N–H and O–H groups in total. The highest BCUT2D eigenvalue weighted by Gasteiger charge is 2.50. The maximum absolute atomic E-state index is 14.4. The third-order valence-corrected chi connectivity index (χ3v) is 11.8. The van der Waals surface area contributed by atoms with Crippen LogP contribution in [0.5, 0.6) is 23.0 Å². The number of nitrogens with one attached hydrogen (secondary N) is 1. The Morgan fingerprint density at radius 2 is 1.63 bits per heavy atom. The molecular formula is C47H58N2O13. The molecule has 3 aromatic rings. The third kappa shape index (κ3) is 9.75. The van der Waals surface area contributed by atoms with E-state index in [9.17, 15) is 39.9 Å². The molecule has 0 aromatic heterocycles. The standard InChI is InChI=1S/C47H58N2O13/c1-24-15-13-16-25(2)46(57)49-37-32(23-48-60-21-14-19-31-17-11-10-12-18-31)41(54)34-35(42(37)55)40(53)29(6)44-36(34)45(56)47(8,62-44)59-22-20-33(58-9)26(3)43(61-30(7)50)28(5)39(52)27(4)38(24)51/h10-13,15-18,20,22-24,26-28,33,38-39,43,51-55H,14,19,21H2,1-9H3,(H,49,57)/b15-13+,22-20+,25-16-,48-23-/t24-,26+,27+,28+,33-,38-,39+,43+,47-/m0/s1. The molecule has 3 aliphatic heterocycles. The van der Waals surface area contributed by atoms with Gasteiger partial charge in [0.1, 0.15) is 30.0 Å². The fourth-order valence-electron chi connectivity index (χ4n) is 8.00. The maximum Gasteiger partial charge on any atom is 0.312 e. The number of carbonyl (C=O) groups is 3. The summed E-state index contributed by atoms with van der Waals surface area (Å²) in [5.41, 5.74) is 0.484. The number of amides is 1. The normalized spacial score (nSPS) is 29.1. The van der Waals surface area contributed by atoms with E-state index in [2.05, 4.69) is 10.5 Å². The van der Waals surface area contributed by atoms with Crippen LogP contribution in [0.4, 0.5) is 5.69 Å². The molecule has 5 bridgehead atoms. The number of Topliss-reactive ketones (excluding diaryl/α,β-unsaturated/α-hetero) is 1. The Morgan fingerprint density at radius 1 is 0.935 bits per heavy atom. The molecule has 62 heavy (non-hydrogen) atoms. The van der Waals surface area contributed by atoms with E-state index in [1.165, 1.54) is 53.2 Å². The first-order valence-corrected chi connectivity index (χ1v) is 20.6. The number of esters is 1. The molecule has 3 heterocycles. The van der Waals surface area contributed by atoms with Crippen LogP contribution in [0.15, 0.2) is 71.6 Å². The zero-order valence-corrected chi connectivity index (χ0v) is 36.5. The quantitative estimate of drug-likeness (QED) is 0.0346. The number of phenolic OH excluding ortho intramolecular Hbond substituents is 3. The molecule has 15 heteroatoms. The van der Waals surface area contributed by atoms with Crippen molar-refractivity contribution in [2.45, 2.75) is 98.4 Å². The van der Waals surface area contributed by atoms with E-state index >= 15 is 0 Å². The molecule has 0 radical (unpaired) electrons. The van der Waals surface area contributed by atoms with E-state index in [0.29, 0.717) is 12.8 Å². The lowest BCUT2D eigenvalue weighted by Crippen LogP contribution is -2.46. The van der Waals surface area contributed by atoms with Gasteiger partial charge in [-0.2, -0.15) is 0 Å². The Balaban J connectivity index is 1.64. The SMILES string of the molecule is CO[C@H]1/C=C/O[C@@]2(C)Oc3c(C)c(O)c4c(O)c(c(/C=N\OCCCc5ccccc5)c(O)c4c3C2=O)NC(=O)/C(C)=C\C=C\[C@H](C)[C@H](O)[C@@H](C)[C@@H](O)[C@@H](C)[C@H](OC(C)=O)[C@@H]1C. The number of aliphatic hydroxyl groups is 2. The van der Waals surface area contributed by atoms with E-state index < -0.39 is 88.8 Å². The number of rotatable bonds is 8. The molecule has 3 aromatic carbocycles. The van der Waals surface area contributed by atoms with Gasteiger partial charge >= 0.3 is 11.8 Å². The number of aromatic hydroxyl groups is 3. The predicted octanol–water partition coefficient (Wildman–Crippen LogP) is 6.74. The number of fused-ring (bicyclic) bond motifs is 14. The average molecular weight is 859 g/mol. The minimum Gasteiger partial charge on any atom is -0.507 e. The molecule has 15 nitrogen and oxygen atoms in total. The number of allylic oxidation sites excluding steroid dienone is 2. The number of anilines is 1. The lowest BCUT2D eigenvalue weighted by molar-refractivity contribution is -0.160. The third-order valence-electron chi connectivity index (χ3n) is 11.8. The maximum atomic E-state index is 14.4. The minimum atomic E-state index is -2.07. The Morgan fingerprint density at radius 3 is 2.29 bits per heavy atom. The lowest BCUT2D eigenvalue weighted by Gasteiger charge is -2.38. The molecule has 0 saturated carbocycles. The molecule has 3 aliphatic rings. The molecule has 9 atom stereocenters. The average Bonchev–Trinajstić information content (AvgIpc) is 3.51. The second kappa shape index (κ2) is 19.9. The second-order valence-corrected chi connectivity index (χ2v) is 16.3. The fourth-order valence-corrected chi connectivity index (χ4v) is 8.00. The number of phenols is 3. The highest BCUT2D eigenvalue weighted by Crippen LogP contribution is 2.55. The van der Waals surface area contributed by atoms with Gasteiger partial charge in [0.25, 0.3) is 11.7 Å². The van der Waals surface area contributed by atoms with Gasteiger partial charge in [0.2, 0.25) is 0 Å². The molecular weight excluding hydrogens is 801 g/mol. The summed E-state index contributed by atoms with van der Waals surface area (Å²) in [6.07, 6.45) is 5.84. The van der Waals surface area contributed by atoms with Crippen molar-refractivity contribution in [3.8, 4) is 23.0 Å². The largest absolute Gasteiger partial charge is 0.507 e. The highest BCUT2D eigenvalue weighted by molar-refractivity contribution is 6.23. The Kier molecular flexibility index (Phi) is 15.1. The molecule has 0 saturated heterocycles. The Bertz CT molecular complexity index is 2270. The number of nitrogens with zero attached hydrogens (tertiary/aromatic N) is 1. The van der Waals surface area contributed by atoms with Crippen molar-refractivity contribution in [2.75, 3.05) is 19.0 Å². The molecule has 334 valence electrons. The van der Waals surface area contributed by atoms with E-state index in [1.807, 2.05) is 30.3 Å². The van der Waals surface area contributed by atoms with Crippen molar-refractivity contribution in [1.29, 1.82) is 0 Å². The number of carbonyl (C=O) groups excluding carboxylic acids is 3. The number of ketones is 1. The summed E-state index contributed by atoms with van der Waals surface area (Å²) in [7, 11) is 1.43. The van der Waals surface area contributed by atoms with Crippen molar-refractivity contribution in [2.24, 2.45) is 28.8 Å². The van der Waals surface area contributed by atoms with E-state index in [4.69, 9.17) is 23.8 Å². The number of aliphatic hydroxyl groups excluding tert-OH is 2. The fraction of sp³-hybridized carbons (Fsp3) is 0.447. The topological polar surface area (TPSA) is 223 Å². The van der Waals surface area contributed by atoms with Gasteiger partial charge in [-0.05, 0) is 38.3 Å². The van der Waals surface area contributed by atoms with Crippen LogP contribution in [-0.2, 0) is 35.1 Å². The van der Waals surface area contributed by atoms with Crippen LogP contribution in [0.1, 0.15) is 81.9 Å². The number of oxime groups is 1. The summed E-state index contributed by atoms with van der Waals surface area (Å²) in [5, 5.41) is 64.4. The molecule has 0 spiro atoms. The van der Waals surface area contributed by atoms with Crippen LogP contribution in [-0.4, -0.2) is 93.3 Å². The summed E-state index contributed by atoms with van der Waals surface area (Å²) >= 11 is 0. The number of benzene rings is 3. The van der Waals surface area contributed by atoms with Crippen LogP contribution in [0.3, 0.4) is 0 Å². The number of aryl methyl sites for hydroxylation is 1. The van der Waals surface area contributed by atoms with Gasteiger partial charge < -0.3 is 54.6 Å². The first kappa shape index (κ1) is 47.2. The first-order valence-electron chi connectivity index (χ1n) is 20.6. The van der Waals surface area contributed by atoms with E-state index in [-0.39, 0.29) is 51.1 Å². The van der Waals surface area contributed by atoms with Gasteiger partial charge in [-0.25, -0.2) is 0 Å². The van der Waals surface area contributed by atoms with Crippen molar-refractivity contribution in [3.05, 3.63) is 88.7 Å². The minimum absolute atomic E-state index is 0.0322. The summed E-state index contributed by atoms with van der Waals surface area (Å²) < 4.78 is 23.6. The monoisotopic (exact) mass is 858 g/mol. The lowest BCUT2D eigenvalue weighted by atomic mass is 9.78. The number of methoxy groups -OCH3 is 1. The van der Waals surface area contributed by atoms with Crippen LogP contribution in [0.2, 0.25) is 0 Å². The van der Waals surface area contributed by atoms with Gasteiger partial charge in [0, 0.05) is 61.2 Å². The number of ether oxygens (including phenoxy) is 4. The van der Waals surface area contributed by atoms with Crippen molar-refractivity contribution in [1.82, 2.24) is 0 Å². The van der Waals surface area contributed by atoms with Crippen molar-refractivity contribution in [3.63, 3.8) is 0 Å². The highest BCUT2D eigenvalue weighted by atomic mass is 16.7. The smallest absolute Gasteiger partial charge is 0.312 e. The molecule has 1 amide bonds. The van der Waals surface area contributed by atoms with Crippen LogP contribution < -0.4 is 10.1 Å². The summed E-state index contributed by atoms with van der Waals surface area (Å²) in [4.78, 5) is 46.0. The first-order chi connectivity index (χ1) is 29.3. The van der Waals surface area contributed by atoms with E-state index in [0.717, 1.165) is 11.8 Å². The number of hydrogen-bond acceptors (Lipinski definition) is 14. The Hall–Kier alpha value is -5.90. The molecule has 0 unspecified atom stereocenters. The summed E-state index contributed by atoms with van der Waals surface area (Å²) in [6.45, 7) is 12.6. The zero-order chi connectivity index (χ0) is 45.6. The zero-order valence-electron chi connectivity index (χ0n) is 36.5. The van der Waals surface area contributed by atoms with Gasteiger partial charge in [-0.15, -0.1) is 0 Å². The summed E-state index contributed by atoms with van der Waals surface area (Å²) in [6, 6.07) is 9.77. The van der Waals surface area contributed by atoms with Crippen LogP contribution in [0.25, 0.3) is 10.8 Å². The van der Waals surface area contributed by atoms with Gasteiger partial charge in [0.05, 0.1) is 53.0 Å². The van der Waals surface area contributed by atoms with Crippen molar-refractivity contribution < 1.29 is 63.7 Å². The van der Waals surface area contributed by atoms with Gasteiger partial charge in [-0.1, -0.05) is 81.4 Å². The van der Waals surface area contributed by atoms with Crippen LogP contribution >= 0.6 is 0 Å². The molecule has 6 rings (SSSR count). The summed E-state index contributed by atoms with van der Waals surface area (Å²) in [5.74, 6) is -8.67. The predicted molar refractivity (Wildman–Crippen MR) is 232 cm³/mol. The van der Waals surface area contributed by atoms with Crippen molar-refractivity contribution >= 4 is 40.3 Å².